The van der Waals surface area contributed by atoms with E-state index in [9.17, 15) is 9.59 Å². The number of amides is 1. The van der Waals surface area contributed by atoms with Crippen LogP contribution in [0.3, 0.4) is 0 Å². The molecule has 8 heteroatoms. The van der Waals surface area contributed by atoms with Crippen LogP contribution >= 0.6 is 31.9 Å². The van der Waals surface area contributed by atoms with Gasteiger partial charge in [0.05, 0.1) is 11.8 Å². The van der Waals surface area contributed by atoms with Crippen LogP contribution in [0.4, 0.5) is 0 Å². The van der Waals surface area contributed by atoms with Crippen LogP contribution in [-0.2, 0) is 4.79 Å². The first-order valence-electron chi connectivity index (χ1n) is 9.66. The summed E-state index contributed by atoms with van der Waals surface area (Å²) in [5.74, 6) is -0.00548. The number of benzene rings is 3. The molecule has 0 unspecified atom stereocenters. The second-order valence-electron chi connectivity index (χ2n) is 6.83. The van der Waals surface area contributed by atoms with Crippen molar-refractivity contribution in [2.75, 3.05) is 0 Å². The summed E-state index contributed by atoms with van der Waals surface area (Å²) in [5, 5.41) is 3.99. The van der Waals surface area contributed by atoms with Crippen LogP contribution in [-0.4, -0.2) is 24.2 Å². The monoisotopic (exact) mass is 558 g/mol. The zero-order valence-corrected chi connectivity index (χ0v) is 20.5. The van der Waals surface area contributed by atoms with Gasteiger partial charge in [0, 0.05) is 14.5 Å². The second-order valence-corrected chi connectivity index (χ2v) is 8.67. The standard InChI is InChI=1S/C24H20Br2N2O4/c1-15-5-3-4-6-21(15)24(30)32-22-12-9-19(26)13-17(22)14-27-28-23(29)16(2)31-20-10-7-18(25)8-11-20/h3-14,16H,1-2H3,(H,28,29)/b27-14-/t16-/m0/s1. The molecule has 0 saturated heterocycles. The molecule has 0 aliphatic rings. The van der Waals surface area contributed by atoms with Crippen molar-refractivity contribution in [1.82, 2.24) is 5.43 Å². The van der Waals surface area contributed by atoms with Crippen molar-refractivity contribution >= 4 is 50.0 Å². The number of nitrogens with one attached hydrogen (secondary N) is 1. The number of carbonyl (C=O) groups excluding carboxylic acids is 2. The second kappa shape index (κ2) is 11.1. The van der Waals surface area contributed by atoms with Crippen molar-refractivity contribution in [3.63, 3.8) is 0 Å². The number of hydrogen-bond donors (Lipinski definition) is 1. The molecule has 1 N–H and O–H groups in total. The summed E-state index contributed by atoms with van der Waals surface area (Å²) in [4.78, 5) is 24.9. The predicted molar refractivity (Wildman–Crippen MR) is 130 cm³/mol. The minimum atomic E-state index is -0.755. The summed E-state index contributed by atoms with van der Waals surface area (Å²) in [5.41, 5.74) is 4.25. The highest BCUT2D eigenvalue weighted by atomic mass is 79.9. The Labute approximate surface area is 202 Å². The molecule has 6 nitrogen and oxygen atoms in total. The van der Waals surface area contributed by atoms with E-state index in [1.165, 1.54) is 6.21 Å². The first kappa shape index (κ1) is 23.7. The van der Waals surface area contributed by atoms with E-state index in [0.717, 1.165) is 14.5 Å². The molecule has 0 aliphatic carbocycles. The van der Waals surface area contributed by atoms with Crippen molar-refractivity contribution < 1.29 is 19.1 Å². The zero-order chi connectivity index (χ0) is 23.1. The number of hydrazone groups is 1. The summed E-state index contributed by atoms with van der Waals surface area (Å²) < 4.78 is 12.9. The lowest BCUT2D eigenvalue weighted by atomic mass is 10.1. The van der Waals surface area contributed by atoms with E-state index in [1.807, 2.05) is 31.2 Å². The molecular formula is C24H20Br2N2O4. The summed E-state index contributed by atoms with van der Waals surface area (Å²) in [6, 6.07) is 19.5. The quantitative estimate of drug-likeness (QED) is 0.175. The fourth-order valence-corrected chi connectivity index (χ4v) is 3.34. The molecule has 3 aromatic carbocycles. The molecule has 0 heterocycles. The third-order valence-electron chi connectivity index (χ3n) is 4.41. The molecule has 164 valence electrons. The Balaban J connectivity index is 1.66. The van der Waals surface area contributed by atoms with E-state index in [0.29, 0.717) is 22.6 Å². The van der Waals surface area contributed by atoms with Crippen molar-refractivity contribution in [3.05, 3.63) is 92.4 Å². The lowest BCUT2D eigenvalue weighted by molar-refractivity contribution is -0.127. The van der Waals surface area contributed by atoms with Crippen molar-refractivity contribution in [2.24, 2.45) is 5.10 Å². The van der Waals surface area contributed by atoms with Gasteiger partial charge in [-0.05, 0) is 67.9 Å². The number of ether oxygens (including phenoxy) is 2. The van der Waals surface area contributed by atoms with Gasteiger partial charge in [0.25, 0.3) is 5.91 Å². The van der Waals surface area contributed by atoms with Gasteiger partial charge in [-0.2, -0.15) is 5.10 Å². The average molecular weight is 560 g/mol. The highest BCUT2D eigenvalue weighted by Gasteiger charge is 2.15. The summed E-state index contributed by atoms with van der Waals surface area (Å²) in [7, 11) is 0. The Morgan fingerprint density at radius 2 is 1.69 bits per heavy atom. The number of esters is 1. The maximum atomic E-state index is 12.6. The molecule has 0 radical (unpaired) electrons. The Morgan fingerprint density at radius 1 is 1.00 bits per heavy atom. The van der Waals surface area contributed by atoms with Crippen LogP contribution in [0, 0.1) is 6.92 Å². The molecule has 1 atom stereocenters. The van der Waals surface area contributed by atoms with Gasteiger partial charge in [-0.1, -0.05) is 50.1 Å². The zero-order valence-electron chi connectivity index (χ0n) is 17.3. The van der Waals surface area contributed by atoms with Gasteiger partial charge in [-0.3, -0.25) is 4.79 Å². The van der Waals surface area contributed by atoms with Gasteiger partial charge in [0.15, 0.2) is 6.10 Å². The SMILES string of the molecule is Cc1ccccc1C(=O)Oc1ccc(Br)cc1/C=N\NC(=O)[C@H](C)Oc1ccc(Br)cc1. The third-order valence-corrected chi connectivity index (χ3v) is 5.44. The average Bonchev–Trinajstić information content (AvgIpc) is 2.77. The number of hydrogen-bond acceptors (Lipinski definition) is 5. The molecule has 0 spiro atoms. The number of carbonyl (C=O) groups is 2. The van der Waals surface area contributed by atoms with Crippen molar-refractivity contribution in [2.45, 2.75) is 20.0 Å². The first-order valence-corrected chi connectivity index (χ1v) is 11.2. The maximum Gasteiger partial charge on any atom is 0.343 e. The van der Waals surface area contributed by atoms with Gasteiger partial charge in [-0.15, -0.1) is 0 Å². The van der Waals surface area contributed by atoms with Crippen LogP contribution in [0.15, 0.2) is 80.8 Å². The Kier molecular flexibility index (Phi) is 8.19. The Bertz CT molecular complexity index is 1150. The Hall–Kier alpha value is -2.97. The van der Waals surface area contributed by atoms with E-state index in [4.69, 9.17) is 9.47 Å². The minimum absolute atomic E-state index is 0.318. The molecule has 3 rings (SSSR count). The molecule has 0 fully saturated rings. The highest BCUT2D eigenvalue weighted by Crippen LogP contribution is 2.23. The van der Waals surface area contributed by atoms with E-state index in [2.05, 4.69) is 42.4 Å². The van der Waals surface area contributed by atoms with Gasteiger partial charge in [0.1, 0.15) is 11.5 Å². The van der Waals surface area contributed by atoms with Crippen LogP contribution in [0.2, 0.25) is 0 Å². The van der Waals surface area contributed by atoms with Crippen LogP contribution in [0.1, 0.15) is 28.4 Å². The molecular weight excluding hydrogens is 540 g/mol. The van der Waals surface area contributed by atoms with Gasteiger partial charge in [0.2, 0.25) is 0 Å². The number of rotatable bonds is 7. The van der Waals surface area contributed by atoms with Crippen LogP contribution in [0.25, 0.3) is 0 Å². The third kappa shape index (κ3) is 6.51. The normalized spacial score (nSPS) is 11.8. The van der Waals surface area contributed by atoms with E-state index < -0.39 is 18.0 Å². The number of aryl methyl sites for hydroxylation is 1. The molecule has 1 amide bonds. The van der Waals surface area contributed by atoms with E-state index >= 15 is 0 Å². The maximum absolute atomic E-state index is 12.6. The number of halogens is 2. The molecule has 32 heavy (non-hydrogen) atoms. The van der Waals surface area contributed by atoms with Crippen LogP contribution < -0.4 is 14.9 Å². The summed E-state index contributed by atoms with van der Waals surface area (Å²) in [6.45, 7) is 3.47. The Morgan fingerprint density at radius 3 is 2.41 bits per heavy atom. The minimum Gasteiger partial charge on any atom is -0.481 e. The van der Waals surface area contributed by atoms with Gasteiger partial charge < -0.3 is 9.47 Å². The topological polar surface area (TPSA) is 77.0 Å². The summed E-state index contributed by atoms with van der Waals surface area (Å²) in [6.07, 6.45) is 0.657. The van der Waals surface area contributed by atoms with E-state index in [-0.39, 0.29) is 0 Å². The number of nitrogens with zero attached hydrogens (tertiary/aromatic N) is 1. The highest BCUT2D eigenvalue weighted by molar-refractivity contribution is 9.10. The molecule has 0 bridgehead atoms. The van der Waals surface area contributed by atoms with Gasteiger partial charge in [-0.25, -0.2) is 10.2 Å². The lowest BCUT2D eigenvalue weighted by Gasteiger charge is -2.13. The van der Waals surface area contributed by atoms with Crippen molar-refractivity contribution in [1.29, 1.82) is 0 Å². The van der Waals surface area contributed by atoms with E-state index in [1.54, 1.807) is 49.4 Å². The fraction of sp³-hybridized carbons (Fsp3) is 0.125. The fourth-order valence-electron chi connectivity index (χ4n) is 2.70. The smallest absolute Gasteiger partial charge is 0.343 e. The molecule has 0 saturated carbocycles. The largest absolute Gasteiger partial charge is 0.481 e. The molecule has 0 aromatic heterocycles. The van der Waals surface area contributed by atoms with Crippen LogP contribution in [0.5, 0.6) is 11.5 Å². The molecule has 3 aromatic rings. The summed E-state index contributed by atoms with van der Waals surface area (Å²) >= 11 is 6.74. The predicted octanol–water partition coefficient (Wildman–Crippen LogP) is 5.66. The first-order chi connectivity index (χ1) is 15.3. The molecule has 0 aliphatic heterocycles. The van der Waals surface area contributed by atoms with Crippen molar-refractivity contribution in [3.8, 4) is 11.5 Å². The van der Waals surface area contributed by atoms with Gasteiger partial charge >= 0.3 is 5.97 Å². The lowest BCUT2D eigenvalue weighted by Crippen LogP contribution is -2.33.